The smallest absolute Gasteiger partial charge is 0.270 e. The van der Waals surface area contributed by atoms with Gasteiger partial charge in [0.25, 0.3) is 5.91 Å². The molecule has 1 fully saturated rings. The van der Waals surface area contributed by atoms with Crippen molar-refractivity contribution in [3.63, 3.8) is 0 Å². The quantitative estimate of drug-likeness (QED) is 0.838. The number of nitrogens with zero attached hydrogens (tertiary/aromatic N) is 3. The molecule has 0 spiro atoms. The van der Waals surface area contributed by atoms with Crippen LogP contribution in [0.3, 0.4) is 0 Å². The van der Waals surface area contributed by atoms with E-state index in [9.17, 15) is 9.59 Å². The van der Waals surface area contributed by atoms with Gasteiger partial charge in [0.2, 0.25) is 5.91 Å². The van der Waals surface area contributed by atoms with E-state index < -0.39 is 0 Å². The van der Waals surface area contributed by atoms with Crippen LogP contribution in [0.2, 0.25) is 0 Å². The lowest BCUT2D eigenvalue weighted by atomic mass is 9.99. The third-order valence-electron chi connectivity index (χ3n) is 4.82. The Morgan fingerprint density at radius 2 is 2.04 bits per heavy atom. The van der Waals surface area contributed by atoms with Crippen molar-refractivity contribution in [2.75, 3.05) is 18.1 Å². The average Bonchev–Trinajstić information content (AvgIpc) is 2.57. The Hall–Kier alpha value is -2.17. The van der Waals surface area contributed by atoms with E-state index in [2.05, 4.69) is 12.0 Å². The van der Waals surface area contributed by atoms with Gasteiger partial charge in [-0.3, -0.25) is 9.59 Å². The predicted molar refractivity (Wildman–Crippen MR) is 95.0 cm³/mol. The van der Waals surface area contributed by atoms with Crippen LogP contribution >= 0.6 is 0 Å². The van der Waals surface area contributed by atoms with Crippen LogP contribution in [0, 0.1) is 19.8 Å². The maximum atomic E-state index is 12.8. The molecule has 1 unspecified atom stereocenters. The minimum Gasteiger partial charge on any atom is -0.337 e. The van der Waals surface area contributed by atoms with Crippen LogP contribution in [0.25, 0.3) is 0 Å². The molecule has 1 aromatic rings. The fourth-order valence-electron chi connectivity index (χ4n) is 3.40. The molecule has 1 atom stereocenters. The van der Waals surface area contributed by atoms with E-state index in [-0.39, 0.29) is 11.8 Å². The van der Waals surface area contributed by atoms with Gasteiger partial charge in [0, 0.05) is 25.9 Å². The Kier molecular flexibility index (Phi) is 4.69. The van der Waals surface area contributed by atoms with Crippen LogP contribution in [0.15, 0.2) is 23.3 Å². The number of amides is 2. The summed E-state index contributed by atoms with van der Waals surface area (Å²) in [5.74, 6) is 0.472. The van der Waals surface area contributed by atoms with Gasteiger partial charge in [-0.15, -0.1) is 0 Å². The van der Waals surface area contributed by atoms with Crippen molar-refractivity contribution >= 4 is 23.2 Å². The Bertz CT molecular complexity index is 696. The van der Waals surface area contributed by atoms with Gasteiger partial charge in [-0.25, -0.2) is 5.01 Å². The van der Waals surface area contributed by atoms with Crippen molar-refractivity contribution in [2.24, 2.45) is 11.0 Å². The van der Waals surface area contributed by atoms with E-state index in [1.807, 2.05) is 36.9 Å². The highest BCUT2D eigenvalue weighted by atomic mass is 16.2. The molecule has 2 aliphatic rings. The number of hydrazone groups is 1. The maximum Gasteiger partial charge on any atom is 0.270 e. The monoisotopic (exact) mass is 327 g/mol. The second-order valence-corrected chi connectivity index (χ2v) is 7.04. The summed E-state index contributed by atoms with van der Waals surface area (Å²) in [6.45, 7) is 7.70. The van der Waals surface area contributed by atoms with Crippen molar-refractivity contribution < 1.29 is 9.59 Å². The Balaban J connectivity index is 1.88. The minimum absolute atomic E-state index is 0.00986. The molecule has 0 bridgehead atoms. The van der Waals surface area contributed by atoms with Crippen LogP contribution in [0.4, 0.5) is 5.69 Å². The highest BCUT2D eigenvalue weighted by Gasteiger charge is 2.30. The second-order valence-electron chi connectivity index (χ2n) is 7.04. The van der Waals surface area contributed by atoms with Gasteiger partial charge in [0.05, 0.1) is 5.69 Å². The van der Waals surface area contributed by atoms with E-state index in [1.54, 1.807) is 0 Å². The minimum atomic E-state index is -0.0488. The summed E-state index contributed by atoms with van der Waals surface area (Å²) in [5, 5.41) is 5.87. The summed E-state index contributed by atoms with van der Waals surface area (Å²) >= 11 is 0. The summed E-state index contributed by atoms with van der Waals surface area (Å²) in [4.78, 5) is 27.0. The standard InChI is InChI=1S/C19H25N3O2/c1-13-6-7-15(3)17(11-13)22-18(23)9-8-16(20-22)19(24)21-10-4-5-14(2)12-21/h6-7,11,14H,4-5,8-10,12H2,1-3H3. The normalized spacial score (nSPS) is 21.7. The summed E-state index contributed by atoms with van der Waals surface area (Å²) in [7, 11) is 0. The Morgan fingerprint density at radius 3 is 2.79 bits per heavy atom. The number of carbonyl (C=O) groups is 2. The van der Waals surface area contributed by atoms with Gasteiger partial charge < -0.3 is 4.90 Å². The molecule has 128 valence electrons. The molecular formula is C19H25N3O2. The lowest BCUT2D eigenvalue weighted by molar-refractivity contribution is -0.126. The molecule has 0 radical (unpaired) electrons. The lowest BCUT2D eigenvalue weighted by Crippen LogP contribution is -2.45. The Labute approximate surface area is 143 Å². The van der Waals surface area contributed by atoms with Gasteiger partial charge in [0.1, 0.15) is 5.71 Å². The van der Waals surface area contributed by atoms with Crippen LogP contribution in [0.5, 0.6) is 0 Å². The molecule has 5 nitrogen and oxygen atoms in total. The summed E-state index contributed by atoms with van der Waals surface area (Å²) in [6, 6.07) is 5.95. The summed E-state index contributed by atoms with van der Waals surface area (Å²) in [5.41, 5.74) is 3.33. The van der Waals surface area contributed by atoms with Crippen molar-refractivity contribution in [1.82, 2.24) is 4.90 Å². The molecule has 2 amide bonds. The summed E-state index contributed by atoms with van der Waals surface area (Å²) in [6.07, 6.45) is 2.98. The van der Waals surface area contributed by atoms with E-state index in [4.69, 9.17) is 0 Å². The molecule has 0 N–H and O–H groups in total. The van der Waals surface area contributed by atoms with Crippen LogP contribution in [-0.4, -0.2) is 35.5 Å². The first-order valence-corrected chi connectivity index (χ1v) is 8.72. The van der Waals surface area contributed by atoms with Crippen molar-refractivity contribution in [2.45, 2.75) is 46.5 Å². The predicted octanol–water partition coefficient (Wildman–Crippen LogP) is 3.04. The van der Waals surface area contributed by atoms with E-state index in [0.29, 0.717) is 24.5 Å². The topological polar surface area (TPSA) is 53.0 Å². The van der Waals surface area contributed by atoms with Gasteiger partial charge >= 0.3 is 0 Å². The number of benzene rings is 1. The van der Waals surface area contributed by atoms with Crippen molar-refractivity contribution in [1.29, 1.82) is 0 Å². The molecule has 2 heterocycles. The molecule has 2 aliphatic heterocycles. The number of aryl methyl sites for hydroxylation is 2. The zero-order valence-corrected chi connectivity index (χ0v) is 14.7. The number of rotatable bonds is 2. The SMILES string of the molecule is Cc1ccc(C)c(N2N=C(C(=O)N3CCCC(C)C3)CCC2=O)c1. The zero-order valence-electron chi connectivity index (χ0n) is 14.7. The first kappa shape index (κ1) is 16.7. The summed E-state index contributed by atoms with van der Waals surface area (Å²) < 4.78 is 0. The molecule has 0 saturated carbocycles. The first-order valence-electron chi connectivity index (χ1n) is 8.72. The molecule has 0 aliphatic carbocycles. The lowest BCUT2D eigenvalue weighted by Gasteiger charge is -2.32. The fourth-order valence-corrected chi connectivity index (χ4v) is 3.40. The van der Waals surface area contributed by atoms with Gasteiger partial charge in [-0.2, -0.15) is 5.10 Å². The number of anilines is 1. The van der Waals surface area contributed by atoms with E-state index in [0.717, 1.165) is 36.3 Å². The van der Waals surface area contributed by atoms with Gasteiger partial charge in [-0.1, -0.05) is 19.1 Å². The molecule has 24 heavy (non-hydrogen) atoms. The number of hydrogen-bond donors (Lipinski definition) is 0. The molecule has 1 aromatic carbocycles. The number of hydrogen-bond acceptors (Lipinski definition) is 3. The van der Waals surface area contributed by atoms with E-state index >= 15 is 0 Å². The maximum absolute atomic E-state index is 12.8. The van der Waals surface area contributed by atoms with Gasteiger partial charge in [0.15, 0.2) is 0 Å². The third-order valence-corrected chi connectivity index (χ3v) is 4.82. The van der Waals surface area contributed by atoms with Crippen molar-refractivity contribution in [3.8, 4) is 0 Å². The highest BCUT2D eigenvalue weighted by molar-refractivity contribution is 6.40. The van der Waals surface area contributed by atoms with E-state index in [1.165, 1.54) is 11.4 Å². The average molecular weight is 327 g/mol. The van der Waals surface area contributed by atoms with Crippen LogP contribution in [-0.2, 0) is 9.59 Å². The number of piperidine rings is 1. The van der Waals surface area contributed by atoms with Crippen LogP contribution in [0.1, 0.15) is 43.7 Å². The van der Waals surface area contributed by atoms with Gasteiger partial charge in [-0.05, 0) is 49.8 Å². The third kappa shape index (κ3) is 3.35. The first-order chi connectivity index (χ1) is 11.5. The largest absolute Gasteiger partial charge is 0.337 e. The number of carbonyl (C=O) groups excluding carboxylic acids is 2. The van der Waals surface area contributed by atoms with Crippen LogP contribution < -0.4 is 5.01 Å². The zero-order chi connectivity index (χ0) is 17.3. The molecule has 5 heteroatoms. The Morgan fingerprint density at radius 1 is 1.25 bits per heavy atom. The fraction of sp³-hybridized carbons (Fsp3) is 0.526. The number of likely N-dealkylation sites (tertiary alicyclic amines) is 1. The molecule has 1 saturated heterocycles. The second kappa shape index (κ2) is 6.75. The molecular weight excluding hydrogens is 302 g/mol. The molecule has 0 aromatic heterocycles. The molecule has 3 rings (SSSR count). The van der Waals surface area contributed by atoms with Crippen molar-refractivity contribution in [3.05, 3.63) is 29.3 Å². The highest BCUT2D eigenvalue weighted by Crippen LogP contribution is 2.26.